The van der Waals surface area contributed by atoms with Crippen molar-refractivity contribution in [2.24, 2.45) is 0 Å². The van der Waals surface area contributed by atoms with Gasteiger partial charge in [-0.1, -0.05) is 158 Å². The van der Waals surface area contributed by atoms with Gasteiger partial charge < -0.3 is 13.9 Å². The van der Waals surface area contributed by atoms with Gasteiger partial charge in [-0.2, -0.15) is 15.0 Å². The molecule has 9 nitrogen and oxygen atoms in total. The van der Waals surface area contributed by atoms with E-state index in [2.05, 4.69) is 290 Å². The van der Waals surface area contributed by atoms with E-state index in [1.807, 2.05) is 12.1 Å². The summed E-state index contributed by atoms with van der Waals surface area (Å²) in [5, 5.41) is 11.0. The van der Waals surface area contributed by atoms with Crippen molar-refractivity contribution in [3.05, 3.63) is 279 Å². The highest BCUT2D eigenvalue weighted by Crippen LogP contribution is 2.43. The van der Waals surface area contributed by atoms with E-state index >= 15 is 0 Å². The largest absolute Gasteiger partial charge is 0.456 e. The number of para-hydroxylation sites is 8. The Bertz CT molecular complexity index is 5650. The molecule has 12 aromatic carbocycles. The fourth-order valence-electron chi connectivity index (χ4n) is 13.3. The summed E-state index contributed by atoms with van der Waals surface area (Å²) in [5.74, 6) is 1.45. The van der Waals surface area contributed by atoms with Crippen LogP contribution in [0.1, 0.15) is 0 Å². The normalized spacial score (nSPS) is 12.0. The Hall–Kier alpha value is -11.6. The van der Waals surface area contributed by atoms with Crippen LogP contribution in [0.2, 0.25) is 0 Å². The van der Waals surface area contributed by atoms with Crippen LogP contribution >= 0.6 is 0 Å². The molecule has 84 heavy (non-hydrogen) atoms. The van der Waals surface area contributed by atoms with Crippen LogP contribution in [0, 0.1) is 0 Å². The van der Waals surface area contributed by atoms with Gasteiger partial charge >= 0.3 is 0 Å². The average Bonchev–Trinajstić information content (AvgIpc) is 4.08. The van der Waals surface area contributed by atoms with Gasteiger partial charge in [-0.3, -0.25) is 13.7 Å². The third-order valence-electron chi connectivity index (χ3n) is 17.0. The van der Waals surface area contributed by atoms with E-state index in [1.165, 1.54) is 21.8 Å². The van der Waals surface area contributed by atoms with Gasteiger partial charge in [-0.15, -0.1) is 0 Å². The monoisotopic (exact) mass is 1070 g/mol. The first-order chi connectivity index (χ1) is 41.7. The lowest BCUT2D eigenvalue weighted by Crippen LogP contribution is -2.13. The fraction of sp³-hybridized carbons (Fsp3) is 0. The van der Waals surface area contributed by atoms with Gasteiger partial charge in [0.1, 0.15) is 11.2 Å². The summed E-state index contributed by atoms with van der Waals surface area (Å²) >= 11 is 0. The summed E-state index contributed by atoms with van der Waals surface area (Å²) < 4.78 is 15.6. The molecule has 392 valence electrons. The fourth-order valence-corrected chi connectivity index (χ4v) is 13.3. The summed E-state index contributed by atoms with van der Waals surface area (Å²) in [7, 11) is 0. The van der Waals surface area contributed by atoms with Crippen molar-refractivity contribution in [3.8, 4) is 34.7 Å². The van der Waals surface area contributed by atoms with E-state index in [0.717, 1.165) is 121 Å². The molecule has 0 aliphatic rings. The molecule has 9 heteroatoms. The maximum atomic E-state index is 6.61. The van der Waals surface area contributed by atoms with Gasteiger partial charge in [0.05, 0.1) is 44.1 Å². The summed E-state index contributed by atoms with van der Waals surface area (Å²) in [6, 6.07) is 99.2. The Morgan fingerprint density at radius 2 is 0.619 bits per heavy atom. The zero-order chi connectivity index (χ0) is 55.0. The molecule has 0 spiro atoms. The highest BCUT2D eigenvalue weighted by atomic mass is 16.3. The van der Waals surface area contributed by atoms with Crippen LogP contribution in [0.15, 0.2) is 283 Å². The first-order valence-corrected chi connectivity index (χ1v) is 28.3. The average molecular weight is 1080 g/mol. The highest BCUT2D eigenvalue weighted by Gasteiger charge is 2.25. The van der Waals surface area contributed by atoms with E-state index in [4.69, 9.17) is 19.4 Å². The first-order valence-electron chi connectivity index (χ1n) is 28.3. The minimum Gasteiger partial charge on any atom is -0.456 e. The summed E-state index contributed by atoms with van der Waals surface area (Å²) in [6.45, 7) is 0. The molecule has 0 saturated heterocycles. The van der Waals surface area contributed by atoms with Gasteiger partial charge in [0.15, 0.2) is 0 Å². The van der Waals surface area contributed by atoms with Crippen LogP contribution in [0.4, 0.5) is 17.1 Å². The number of hydrogen-bond donors (Lipinski definition) is 0. The molecular formula is C75H46N8O. The van der Waals surface area contributed by atoms with Crippen molar-refractivity contribution >= 4 is 126 Å². The number of nitrogens with zero attached hydrogens (tertiary/aromatic N) is 8. The lowest BCUT2D eigenvalue weighted by Gasteiger charge is -2.25. The maximum absolute atomic E-state index is 6.61. The minimum atomic E-state index is 0.476. The molecule has 0 unspecified atom stereocenters. The summed E-state index contributed by atoms with van der Waals surface area (Å²) in [5.41, 5.74) is 16.3. The molecule has 0 fully saturated rings. The van der Waals surface area contributed by atoms with Gasteiger partial charge in [0.25, 0.3) is 0 Å². The van der Waals surface area contributed by atoms with Crippen molar-refractivity contribution < 1.29 is 4.42 Å². The molecule has 0 N–H and O–H groups in total. The molecule has 6 aromatic heterocycles. The van der Waals surface area contributed by atoms with Gasteiger partial charge in [0, 0.05) is 82.7 Å². The molecule has 0 aliphatic heterocycles. The standard InChI is InChI=1S/C75H46N8O/c1-4-20-49(21-5-1)79(50-22-6-2-7-23-50)52-38-41-69-60(44-52)55-28-12-17-33-65(55)82(69)74-76-73(77-75(78-74)83-66-34-18-13-29-56(66)61-45-62-57-30-14-19-35-71(57)84-72(62)46-70(61)83)81-64-32-16-11-27-54(64)59-43-48(37-40-68(59)81)47-36-39-67-58(42-47)53-26-10-15-31-63(53)80(67)51-24-8-3-9-25-51/h1-46H. The molecule has 0 radical (unpaired) electrons. The number of benzene rings is 12. The zero-order valence-electron chi connectivity index (χ0n) is 45.0. The van der Waals surface area contributed by atoms with Crippen molar-refractivity contribution in [2.75, 3.05) is 4.90 Å². The predicted molar refractivity (Wildman–Crippen MR) is 345 cm³/mol. The molecular weight excluding hydrogens is 1030 g/mol. The summed E-state index contributed by atoms with van der Waals surface area (Å²) in [4.78, 5) is 19.2. The van der Waals surface area contributed by atoms with Crippen LogP contribution in [-0.4, -0.2) is 33.2 Å². The predicted octanol–water partition coefficient (Wildman–Crippen LogP) is 19.3. The quantitative estimate of drug-likeness (QED) is 0.152. The molecule has 18 rings (SSSR count). The number of anilines is 3. The number of fused-ring (bicyclic) bond motifs is 15. The Morgan fingerprint density at radius 1 is 0.238 bits per heavy atom. The Kier molecular flexibility index (Phi) is 9.89. The molecule has 0 saturated carbocycles. The van der Waals surface area contributed by atoms with E-state index < -0.39 is 0 Å². The second-order valence-electron chi connectivity index (χ2n) is 21.6. The molecule has 0 amide bonds. The lowest BCUT2D eigenvalue weighted by atomic mass is 10.0. The van der Waals surface area contributed by atoms with Gasteiger partial charge in [0.2, 0.25) is 17.8 Å². The number of furan rings is 1. The zero-order valence-corrected chi connectivity index (χ0v) is 45.0. The van der Waals surface area contributed by atoms with Crippen LogP contribution in [0.3, 0.4) is 0 Å². The summed E-state index contributed by atoms with van der Waals surface area (Å²) in [6.07, 6.45) is 0. The van der Waals surface area contributed by atoms with E-state index in [9.17, 15) is 0 Å². The lowest BCUT2D eigenvalue weighted by molar-refractivity contribution is 0.669. The molecule has 6 heterocycles. The van der Waals surface area contributed by atoms with Gasteiger partial charge in [-0.25, -0.2) is 0 Å². The number of rotatable bonds is 8. The molecule has 18 aromatic rings. The molecule has 0 aliphatic carbocycles. The Morgan fingerprint density at radius 3 is 1.14 bits per heavy atom. The first kappa shape index (κ1) is 46.2. The van der Waals surface area contributed by atoms with Crippen LogP contribution in [0.5, 0.6) is 0 Å². The van der Waals surface area contributed by atoms with Crippen LogP contribution in [-0.2, 0) is 0 Å². The van der Waals surface area contributed by atoms with Crippen molar-refractivity contribution in [2.45, 2.75) is 0 Å². The topological polar surface area (TPSA) is 74.8 Å². The third kappa shape index (κ3) is 6.87. The van der Waals surface area contributed by atoms with E-state index in [1.54, 1.807) is 0 Å². The second-order valence-corrected chi connectivity index (χ2v) is 21.6. The second kappa shape index (κ2) is 18.0. The Labute approximate surface area is 480 Å². The van der Waals surface area contributed by atoms with Crippen molar-refractivity contribution in [1.82, 2.24) is 33.2 Å². The number of aromatic nitrogens is 7. The minimum absolute atomic E-state index is 0.476. The molecule has 0 bridgehead atoms. The van der Waals surface area contributed by atoms with Crippen LogP contribution in [0.25, 0.3) is 144 Å². The highest BCUT2D eigenvalue weighted by molar-refractivity contribution is 6.18. The smallest absolute Gasteiger partial charge is 0.241 e. The van der Waals surface area contributed by atoms with Crippen molar-refractivity contribution in [1.29, 1.82) is 0 Å². The Balaban J connectivity index is 0.884. The van der Waals surface area contributed by atoms with E-state index in [-0.39, 0.29) is 0 Å². The van der Waals surface area contributed by atoms with Crippen molar-refractivity contribution in [3.63, 3.8) is 0 Å². The third-order valence-corrected chi connectivity index (χ3v) is 17.0. The maximum Gasteiger partial charge on any atom is 0.241 e. The SMILES string of the molecule is c1ccc(N(c2ccccc2)c2ccc3c(c2)c2ccccc2n3-c2nc(-n3c4ccccc4c4cc(-c5ccc6c(c5)c5ccccc5n6-c5ccccc5)ccc43)nc(-n3c4ccccc4c4cc5c(cc43)oc3ccccc35)n2)cc1. The van der Waals surface area contributed by atoms with E-state index in [0.29, 0.717) is 17.8 Å². The van der Waals surface area contributed by atoms with Crippen LogP contribution < -0.4 is 4.90 Å². The molecule has 0 atom stereocenters. The number of hydrogen-bond acceptors (Lipinski definition) is 5. The van der Waals surface area contributed by atoms with Gasteiger partial charge in [-0.05, 0) is 126 Å².